The van der Waals surface area contributed by atoms with Crippen molar-refractivity contribution in [2.75, 3.05) is 20.5 Å². The molecule has 2 aromatic carbocycles. The molecule has 0 spiro atoms. The van der Waals surface area contributed by atoms with Gasteiger partial charge in [0.25, 0.3) is 0 Å². The zero-order valence-corrected chi connectivity index (χ0v) is 14.5. The Balaban J connectivity index is 1.74. The molecule has 1 saturated carbocycles. The molecule has 6 nitrogen and oxygen atoms in total. The number of hydrogen-bond donors (Lipinski definition) is 1. The van der Waals surface area contributed by atoms with Crippen LogP contribution in [0.3, 0.4) is 0 Å². The van der Waals surface area contributed by atoms with Crippen molar-refractivity contribution in [1.82, 2.24) is 0 Å². The van der Waals surface area contributed by atoms with Crippen LogP contribution in [0.25, 0.3) is 0 Å². The molecule has 0 radical (unpaired) electrons. The lowest BCUT2D eigenvalue weighted by atomic mass is 10.1. The first kappa shape index (κ1) is 16.4. The fraction of sp³-hybridized carbons (Fsp3) is 0.333. The molecule has 1 fully saturated rings. The SMILES string of the molecule is COCC1(N)C(c2ccc3c(c2)OCO3)C1S(=O)(=O)c1ccccc1. The second kappa shape index (κ2) is 5.72. The van der Waals surface area contributed by atoms with E-state index in [1.807, 2.05) is 12.1 Å². The van der Waals surface area contributed by atoms with Gasteiger partial charge in [0.2, 0.25) is 6.79 Å². The summed E-state index contributed by atoms with van der Waals surface area (Å²) in [5, 5.41) is -0.747. The van der Waals surface area contributed by atoms with Crippen molar-refractivity contribution in [3.05, 3.63) is 54.1 Å². The van der Waals surface area contributed by atoms with E-state index in [-0.39, 0.29) is 24.2 Å². The smallest absolute Gasteiger partial charge is 0.231 e. The van der Waals surface area contributed by atoms with E-state index in [9.17, 15) is 8.42 Å². The van der Waals surface area contributed by atoms with Crippen LogP contribution in [-0.2, 0) is 14.6 Å². The summed E-state index contributed by atoms with van der Waals surface area (Å²) in [6, 6.07) is 13.8. The van der Waals surface area contributed by atoms with Gasteiger partial charge in [-0.15, -0.1) is 0 Å². The molecule has 0 amide bonds. The molecule has 3 atom stereocenters. The molecule has 0 bridgehead atoms. The van der Waals surface area contributed by atoms with E-state index in [2.05, 4.69) is 0 Å². The van der Waals surface area contributed by atoms with Gasteiger partial charge in [0, 0.05) is 13.0 Å². The minimum absolute atomic E-state index is 0.156. The lowest BCUT2D eigenvalue weighted by Gasteiger charge is -2.11. The Bertz CT molecular complexity index is 899. The number of ether oxygens (including phenoxy) is 3. The van der Waals surface area contributed by atoms with Gasteiger partial charge in [0.15, 0.2) is 21.3 Å². The van der Waals surface area contributed by atoms with Crippen LogP contribution in [0, 0.1) is 0 Å². The quantitative estimate of drug-likeness (QED) is 0.872. The third kappa shape index (κ3) is 2.50. The number of rotatable bonds is 5. The van der Waals surface area contributed by atoms with Gasteiger partial charge in [0.05, 0.1) is 22.3 Å². The van der Waals surface area contributed by atoms with Gasteiger partial charge < -0.3 is 19.9 Å². The van der Waals surface area contributed by atoms with Crippen LogP contribution in [0.15, 0.2) is 53.4 Å². The van der Waals surface area contributed by atoms with Gasteiger partial charge in [-0.1, -0.05) is 24.3 Å². The second-order valence-electron chi connectivity index (χ2n) is 6.41. The summed E-state index contributed by atoms with van der Waals surface area (Å²) < 4.78 is 42.2. The first-order valence-electron chi connectivity index (χ1n) is 7.95. The van der Waals surface area contributed by atoms with Crippen LogP contribution >= 0.6 is 0 Å². The second-order valence-corrected chi connectivity index (χ2v) is 8.48. The molecule has 132 valence electrons. The normalized spacial score (nSPS) is 27.3. The van der Waals surface area contributed by atoms with Crippen molar-refractivity contribution < 1.29 is 22.6 Å². The number of sulfone groups is 1. The van der Waals surface area contributed by atoms with E-state index in [1.165, 1.54) is 7.11 Å². The third-order valence-corrected chi connectivity index (χ3v) is 7.17. The molecular formula is C18H19NO5S. The summed E-state index contributed by atoms with van der Waals surface area (Å²) >= 11 is 0. The minimum Gasteiger partial charge on any atom is -0.454 e. The van der Waals surface area contributed by atoms with E-state index in [1.54, 1.807) is 36.4 Å². The van der Waals surface area contributed by atoms with Crippen molar-refractivity contribution in [2.24, 2.45) is 5.73 Å². The van der Waals surface area contributed by atoms with Crippen LogP contribution in [0.4, 0.5) is 0 Å². The first-order valence-corrected chi connectivity index (χ1v) is 9.49. The predicted molar refractivity (Wildman–Crippen MR) is 91.5 cm³/mol. The van der Waals surface area contributed by atoms with Crippen molar-refractivity contribution in [1.29, 1.82) is 0 Å². The van der Waals surface area contributed by atoms with Crippen LogP contribution in [0.5, 0.6) is 11.5 Å². The summed E-state index contributed by atoms with van der Waals surface area (Å²) in [5.74, 6) is 0.897. The highest BCUT2D eigenvalue weighted by atomic mass is 32.2. The minimum atomic E-state index is -3.58. The summed E-state index contributed by atoms with van der Waals surface area (Å²) in [6.07, 6.45) is 0. The maximum absolute atomic E-state index is 13.1. The van der Waals surface area contributed by atoms with Gasteiger partial charge >= 0.3 is 0 Å². The molecule has 0 saturated heterocycles. The molecule has 1 aliphatic heterocycles. The molecule has 25 heavy (non-hydrogen) atoms. The Morgan fingerprint density at radius 2 is 1.88 bits per heavy atom. The first-order chi connectivity index (χ1) is 12.0. The predicted octanol–water partition coefficient (Wildman–Crippen LogP) is 1.70. The lowest BCUT2D eigenvalue weighted by Crippen LogP contribution is -2.35. The molecule has 3 unspecified atom stereocenters. The summed E-state index contributed by atoms with van der Waals surface area (Å²) in [5.41, 5.74) is 6.31. The molecule has 0 aromatic heterocycles. The van der Waals surface area contributed by atoms with Gasteiger partial charge in [-0.3, -0.25) is 0 Å². The Labute approximate surface area is 146 Å². The van der Waals surface area contributed by atoms with Crippen molar-refractivity contribution in [3.8, 4) is 11.5 Å². The van der Waals surface area contributed by atoms with Crippen molar-refractivity contribution in [2.45, 2.75) is 21.6 Å². The molecule has 2 aromatic rings. The molecule has 2 aliphatic rings. The summed E-state index contributed by atoms with van der Waals surface area (Å²) in [4.78, 5) is 0.272. The fourth-order valence-corrected chi connectivity index (χ4v) is 5.97. The zero-order valence-electron chi connectivity index (χ0n) is 13.7. The fourth-order valence-electron chi connectivity index (χ4n) is 3.66. The van der Waals surface area contributed by atoms with E-state index in [4.69, 9.17) is 19.9 Å². The Kier molecular flexibility index (Phi) is 3.75. The average Bonchev–Trinajstić information content (AvgIpc) is 2.99. The highest BCUT2D eigenvalue weighted by Crippen LogP contribution is 2.56. The van der Waals surface area contributed by atoms with E-state index in [0.717, 1.165) is 5.56 Å². The molecular weight excluding hydrogens is 342 g/mol. The maximum atomic E-state index is 13.1. The lowest BCUT2D eigenvalue weighted by molar-refractivity contribution is 0.171. The van der Waals surface area contributed by atoms with Crippen LogP contribution in [-0.4, -0.2) is 39.7 Å². The van der Waals surface area contributed by atoms with Gasteiger partial charge in [-0.25, -0.2) is 8.42 Å². The van der Waals surface area contributed by atoms with Gasteiger partial charge in [-0.05, 0) is 29.8 Å². The van der Waals surface area contributed by atoms with Crippen LogP contribution in [0.1, 0.15) is 11.5 Å². The Hall–Kier alpha value is -2.09. The van der Waals surface area contributed by atoms with Crippen LogP contribution < -0.4 is 15.2 Å². The third-order valence-electron chi connectivity index (χ3n) is 4.86. The van der Waals surface area contributed by atoms with E-state index in [0.29, 0.717) is 11.5 Å². The summed E-state index contributed by atoms with van der Waals surface area (Å²) in [6.45, 7) is 0.323. The van der Waals surface area contributed by atoms with Gasteiger partial charge in [0.1, 0.15) is 0 Å². The monoisotopic (exact) mass is 361 g/mol. The van der Waals surface area contributed by atoms with Crippen molar-refractivity contribution in [3.63, 3.8) is 0 Å². The molecule has 1 aliphatic carbocycles. The highest BCUT2D eigenvalue weighted by Gasteiger charge is 2.69. The Morgan fingerprint density at radius 3 is 2.60 bits per heavy atom. The number of hydrogen-bond acceptors (Lipinski definition) is 6. The standard InChI is InChI=1S/C18H19NO5S/c1-22-10-18(19)16(12-7-8-14-15(9-12)24-11-23-14)17(18)25(20,21)13-5-3-2-4-6-13/h2-9,16-17H,10-11,19H2,1H3. The van der Waals surface area contributed by atoms with Crippen molar-refractivity contribution >= 4 is 9.84 Å². The molecule has 4 rings (SSSR count). The molecule has 7 heteroatoms. The maximum Gasteiger partial charge on any atom is 0.231 e. The number of methoxy groups -OCH3 is 1. The van der Waals surface area contributed by atoms with E-state index >= 15 is 0 Å². The topological polar surface area (TPSA) is 87.8 Å². The summed E-state index contributed by atoms with van der Waals surface area (Å²) in [7, 11) is -2.06. The molecule has 1 heterocycles. The van der Waals surface area contributed by atoms with Crippen LogP contribution in [0.2, 0.25) is 0 Å². The highest BCUT2D eigenvalue weighted by molar-refractivity contribution is 7.92. The number of benzene rings is 2. The largest absolute Gasteiger partial charge is 0.454 e. The molecule has 2 N–H and O–H groups in total. The average molecular weight is 361 g/mol. The zero-order chi connectivity index (χ0) is 17.7. The number of fused-ring (bicyclic) bond motifs is 1. The van der Waals surface area contributed by atoms with E-state index < -0.39 is 20.6 Å². The van der Waals surface area contributed by atoms with Gasteiger partial charge in [-0.2, -0.15) is 0 Å². The number of nitrogens with two attached hydrogens (primary N) is 1. The Morgan fingerprint density at radius 1 is 1.16 bits per heavy atom.